The number of hydrogen-bond donors (Lipinski definition) is 0. The minimum Gasteiger partial charge on any atom is -0.288 e. The van der Waals surface area contributed by atoms with Crippen LogP contribution in [0.4, 0.5) is 0 Å². The van der Waals surface area contributed by atoms with Crippen molar-refractivity contribution in [3.05, 3.63) is 44.9 Å². The third kappa shape index (κ3) is 1.93. The predicted octanol–water partition coefficient (Wildman–Crippen LogP) is 4.62. The van der Waals surface area contributed by atoms with Gasteiger partial charge < -0.3 is 0 Å². The molecule has 3 atom stereocenters. The average Bonchev–Trinajstić information content (AvgIpc) is 2.47. The Bertz CT molecular complexity index is 696. The lowest BCUT2D eigenvalue weighted by Gasteiger charge is -2.48. The fourth-order valence-electron chi connectivity index (χ4n) is 2.84. The van der Waals surface area contributed by atoms with E-state index in [0.29, 0.717) is 5.02 Å². The number of hydrogen-bond acceptors (Lipinski definition) is 2. The molecule has 3 aliphatic carbocycles. The van der Waals surface area contributed by atoms with Gasteiger partial charge in [0.1, 0.15) is 4.87 Å². The first-order valence-corrected chi connectivity index (χ1v) is 7.90. The summed E-state index contributed by atoms with van der Waals surface area (Å²) in [4.78, 5) is 21.2. The average molecular weight is 384 g/mol. The Labute approximate surface area is 145 Å². The second-order valence-electron chi connectivity index (χ2n) is 5.11. The van der Waals surface area contributed by atoms with Crippen molar-refractivity contribution >= 4 is 69.6 Å². The Morgan fingerprint density at radius 1 is 0.905 bits per heavy atom. The van der Waals surface area contributed by atoms with Gasteiger partial charge in [-0.1, -0.05) is 46.9 Å². The van der Waals surface area contributed by atoms with Crippen LogP contribution < -0.4 is 0 Å². The summed E-state index contributed by atoms with van der Waals surface area (Å²) in [5.41, 5.74) is 0.725. The lowest BCUT2D eigenvalue weighted by molar-refractivity contribution is -0.141. The molecule has 0 saturated heterocycles. The minimum absolute atomic E-state index is 0.0596. The number of halogens is 5. The molecule has 1 fully saturated rings. The number of rotatable bonds is 1. The van der Waals surface area contributed by atoms with E-state index in [9.17, 15) is 9.59 Å². The smallest absolute Gasteiger partial charge is 0.227 e. The van der Waals surface area contributed by atoms with Crippen LogP contribution in [0.5, 0.6) is 0 Å². The normalized spacial score (nSPS) is 35.6. The van der Waals surface area contributed by atoms with Crippen molar-refractivity contribution in [3.63, 3.8) is 0 Å². The van der Waals surface area contributed by atoms with Gasteiger partial charge in [0.2, 0.25) is 11.6 Å². The van der Waals surface area contributed by atoms with Crippen LogP contribution in [0.15, 0.2) is 34.3 Å². The minimum atomic E-state index is -1.69. The SMILES string of the molecule is O=C1C(=O)[C@@]2(Cl)C(Cl)=C(Cl)[C@]1(Cl)CC2c1ccc(Cl)cc1. The van der Waals surface area contributed by atoms with Crippen molar-refractivity contribution in [1.29, 1.82) is 0 Å². The summed E-state index contributed by atoms with van der Waals surface area (Å²) in [6.07, 6.45) is 0.110. The van der Waals surface area contributed by atoms with Crippen molar-refractivity contribution in [2.45, 2.75) is 22.1 Å². The summed E-state index contributed by atoms with van der Waals surface area (Å²) >= 11 is 30.8. The van der Waals surface area contributed by atoms with Crippen LogP contribution in [0.1, 0.15) is 17.9 Å². The molecule has 110 valence electrons. The van der Waals surface area contributed by atoms with E-state index in [1.54, 1.807) is 24.3 Å². The molecule has 7 heteroatoms. The van der Waals surface area contributed by atoms with Crippen molar-refractivity contribution in [3.8, 4) is 0 Å². The van der Waals surface area contributed by atoms with Crippen LogP contribution in [-0.4, -0.2) is 21.3 Å². The van der Waals surface area contributed by atoms with E-state index >= 15 is 0 Å². The lowest BCUT2D eigenvalue weighted by atomic mass is 9.64. The second kappa shape index (κ2) is 4.87. The van der Waals surface area contributed by atoms with Crippen LogP contribution in [0.25, 0.3) is 0 Å². The number of carbonyl (C=O) groups is 2. The molecule has 3 aliphatic rings. The molecule has 0 amide bonds. The molecule has 0 spiro atoms. The Kier molecular flexibility index (Phi) is 3.63. The van der Waals surface area contributed by atoms with Gasteiger partial charge in [-0.15, -0.1) is 23.2 Å². The summed E-state index contributed by atoms with van der Waals surface area (Å²) in [5, 5.41) is 0.415. The molecule has 2 bridgehead atoms. The molecule has 2 nitrogen and oxygen atoms in total. The van der Waals surface area contributed by atoms with Crippen molar-refractivity contribution in [2.75, 3.05) is 0 Å². The number of benzene rings is 1. The van der Waals surface area contributed by atoms with Crippen LogP contribution in [0.3, 0.4) is 0 Å². The first-order chi connectivity index (χ1) is 9.72. The van der Waals surface area contributed by atoms with E-state index in [1.807, 2.05) is 0 Å². The first kappa shape index (κ1) is 15.6. The molecule has 0 radical (unpaired) electrons. The Morgan fingerprint density at radius 2 is 1.48 bits per heavy atom. The molecule has 1 aromatic rings. The van der Waals surface area contributed by atoms with E-state index in [0.717, 1.165) is 5.56 Å². The van der Waals surface area contributed by atoms with E-state index in [4.69, 9.17) is 58.0 Å². The van der Waals surface area contributed by atoms with Crippen molar-refractivity contribution in [1.82, 2.24) is 0 Å². The van der Waals surface area contributed by atoms with Gasteiger partial charge in [-0.3, -0.25) is 9.59 Å². The Hall–Kier alpha value is -0.250. The van der Waals surface area contributed by atoms with Gasteiger partial charge in [0.05, 0.1) is 10.1 Å². The predicted molar refractivity (Wildman–Crippen MR) is 84.7 cm³/mol. The van der Waals surface area contributed by atoms with E-state index in [2.05, 4.69) is 0 Å². The zero-order valence-corrected chi connectivity index (χ0v) is 14.1. The topological polar surface area (TPSA) is 34.1 Å². The molecule has 1 aromatic carbocycles. The van der Waals surface area contributed by atoms with E-state index in [-0.39, 0.29) is 16.5 Å². The third-order valence-corrected chi connectivity index (χ3v) is 6.67. The number of fused-ring (bicyclic) bond motifs is 2. The van der Waals surface area contributed by atoms with Gasteiger partial charge in [0, 0.05) is 10.9 Å². The lowest BCUT2D eigenvalue weighted by Crippen LogP contribution is -2.62. The van der Waals surface area contributed by atoms with Crippen LogP contribution in [0.2, 0.25) is 5.02 Å². The van der Waals surface area contributed by atoms with E-state index < -0.39 is 27.2 Å². The number of carbonyl (C=O) groups excluding carboxylic acids is 2. The largest absolute Gasteiger partial charge is 0.288 e. The van der Waals surface area contributed by atoms with Gasteiger partial charge >= 0.3 is 0 Å². The summed E-state index contributed by atoms with van der Waals surface area (Å²) in [7, 11) is 0. The van der Waals surface area contributed by atoms with Crippen molar-refractivity contribution < 1.29 is 9.59 Å². The highest BCUT2D eigenvalue weighted by Crippen LogP contribution is 2.61. The maximum Gasteiger partial charge on any atom is 0.227 e. The molecule has 0 aliphatic heterocycles. The maximum atomic E-state index is 12.4. The molecule has 1 unspecified atom stereocenters. The van der Waals surface area contributed by atoms with Crippen LogP contribution >= 0.6 is 58.0 Å². The molecule has 0 aromatic heterocycles. The highest BCUT2D eigenvalue weighted by molar-refractivity contribution is 6.70. The molecule has 1 saturated carbocycles. The van der Waals surface area contributed by atoms with Gasteiger partial charge in [-0.2, -0.15) is 0 Å². The summed E-state index contributed by atoms with van der Waals surface area (Å²) in [6, 6.07) is 6.81. The Balaban J connectivity index is 2.22. The van der Waals surface area contributed by atoms with Gasteiger partial charge in [0.15, 0.2) is 4.87 Å². The highest BCUT2D eigenvalue weighted by Gasteiger charge is 2.67. The number of Topliss-reactive ketones (excluding diaryl/α,β-unsaturated/α-hetero) is 2. The first-order valence-electron chi connectivity index (χ1n) is 6.01. The molecule has 0 N–H and O–H groups in total. The second-order valence-corrected chi connectivity index (χ2v) is 7.54. The fraction of sp³-hybridized carbons (Fsp3) is 0.286. The van der Waals surface area contributed by atoms with E-state index in [1.165, 1.54) is 0 Å². The molecular formula is C14H7Cl5O2. The third-order valence-electron chi connectivity index (χ3n) is 3.99. The maximum absolute atomic E-state index is 12.4. The standard InChI is InChI=1S/C14H7Cl5O2/c15-7-3-1-6(2-4-7)8-5-13(18)9(16)10(17)14(8,19)12(21)11(13)20/h1-4,8H,5H2/t8?,13-,14+/m1/s1. The summed E-state index contributed by atoms with van der Waals surface area (Å²) in [5.74, 6) is -2.17. The summed E-state index contributed by atoms with van der Waals surface area (Å²) < 4.78 is 0. The van der Waals surface area contributed by atoms with Gasteiger partial charge in [0.25, 0.3) is 0 Å². The van der Waals surface area contributed by atoms with Crippen molar-refractivity contribution in [2.24, 2.45) is 0 Å². The number of alkyl halides is 2. The molecular weight excluding hydrogens is 377 g/mol. The number of allylic oxidation sites excluding steroid dienone is 2. The Morgan fingerprint density at radius 3 is 2.05 bits per heavy atom. The van der Waals surface area contributed by atoms with Crippen LogP contribution in [-0.2, 0) is 9.59 Å². The summed E-state index contributed by atoms with van der Waals surface area (Å²) in [6.45, 7) is 0. The molecule has 0 heterocycles. The number of ketones is 2. The zero-order valence-electron chi connectivity index (χ0n) is 10.3. The fourth-order valence-corrected chi connectivity index (χ4v) is 4.47. The molecule has 21 heavy (non-hydrogen) atoms. The molecule has 4 rings (SSSR count). The quantitative estimate of drug-likeness (QED) is 0.523. The van der Waals surface area contributed by atoms with Gasteiger partial charge in [-0.05, 0) is 24.1 Å². The highest BCUT2D eigenvalue weighted by atomic mass is 35.5. The van der Waals surface area contributed by atoms with Crippen LogP contribution in [0, 0.1) is 0 Å². The zero-order chi connectivity index (χ0) is 15.6. The monoisotopic (exact) mass is 382 g/mol. The van der Waals surface area contributed by atoms with Gasteiger partial charge in [-0.25, -0.2) is 0 Å².